The lowest BCUT2D eigenvalue weighted by molar-refractivity contribution is 0.583. The van der Waals surface area contributed by atoms with Crippen molar-refractivity contribution in [3.05, 3.63) is 82.4 Å². The fraction of sp³-hybridized carbons (Fsp3) is 0. The van der Waals surface area contributed by atoms with Gasteiger partial charge >= 0.3 is 0 Å². The third-order valence-corrected chi connectivity index (χ3v) is 4.52. The molecule has 122 valence electrons. The van der Waals surface area contributed by atoms with Crippen LogP contribution in [0.3, 0.4) is 0 Å². The van der Waals surface area contributed by atoms with Crippen LogP contribution in [-0.4, -0.2) is 15.9 Å². The molecule has 0 spiro atoms. The number of allylic oxidation sites excluding steroid dienone is 1. The molecule has 0 aliphatic heterocycles. The largest absolute Gasteiger partial charge is 0.464 e. The molecule has 5 nitrogen and oxygen atoms in total. The number of nitrogens with zero attached hydrogens (tertiary/aromatic N) is 3. The maximum Gasteiger partial charge on any atom is 0.283 e. The molecule has 3 heterocycles. The Morgan fingerprint density at radius 1 is 1.16 bits per heavy atom. The fourth-order valence-corrected chi connectivity index (χ4v) is 3.33. The number of fused-ring (bicyclic) bond motifs is 1. The molecule has 0 N–H and O–H groups in total. The van der Waals surface area contributed by atoms with Crippen LogP contribution in [-0.2, 0) is 0 Å². The van der Waals surface area contributed by atoms with Gasteiger partial charge in [-0.1, -0.05) is 36.4 Å². The van der Waals surface area contributed by atoms with Gasteiger partial charge in [0, 0.05) is 17.2 Å². The van der Waals surface area contributed by atoms with E-state index >= 15 is 0 Å². The van der Waals surface area contributed by atoms with Gasteiger partial charge in [0.2, 0.25) is 0 Å². The number of thiophene rings is 1. The topological polar surface area (TPSA) is 60.4 Å². The average molecular weight is 347 g/mol. The molecule has 0 aliphatic rings. The van der Waals surface area contributed by atoms with Crippen LogP contribution >= 0.6 is 11.3 Å². The summed E-state index contributed by atoms with van der Waals surface area (Å²) in [6.07, 6.45) is 8.29. The quantitative estimate of drug-likeness (QED) is 0.518. The van der Waals surface area contributed by atoms with Crippen molar-refractivity contribution in [1.29, 1.82) is 0 Å². The van der Waals surface area contributed by atoms with Crippen molar-refractivity contribution >= 4 is 33.8 Å². The van der Waals surface area contributed by atoms with E-state index in [1.54, 1.807) is 24.6 Å². The Bertz CT molecular complexity index is 1110. The van der Waals surface area contributed by atoms with Crippen molar-refractivity contribution in [2.45, 2.75) is 0 Å². The number of benzene rings is 1. The SMILES string of the molecule is O=c1c2c(-c3ccco3)csc2ncn1/N=C\C=C\c1ccccc1. The summed E-state index contributed by atoms with van der Waals surface area (Å²) >= 11 is 1.41. The van der Waals surface area contributed by atoms with E-state index in [2.05, 4.69) is 10.1 Å². The van der Waals surface area contributed by atoms with E-state index in [1.165, 1.54) is 22.3 Å². The fourth-order valence-electron chi connectivity index (χ4n) is 2.45. The molecule has 0 amide bonds. The Labute approximate surface area is 147 Å². The van der Waals surface area contributed by atoms with Crippen molar-refractivity contribution in [3.63, 3.8) is 0 Å². The minimum Gasteiger partial charge on any atom is -0.464 e. The Balaban J connectivity index is 1.68. The zero-order valence-electron chi connectivity index (χ0n) is 13.1. The van der Waals surface area contributed by atoms with Gasteiger partial charge in [0.05, 0.1) is 11.6 Å². The summed E-state index contributed by atoms with van der Waals surface area (Å²) in [7, 11) is 0. The highest BCUT2D eigenvalue weighted by Gasteiger charge is 2.14. The summed E-state index contributed by atoms with van der Waals surface area (Å²) in [5, 5.41) is 6.57. The van der Waals surface area contributed by atoms with E-state index in [9.17, 15) is 4.79 Å². The van der Waals surface area contributed by atoms with Crippen LogP contribution in [0, 0.1) is 0 Å². The third kappa shape index (κ3) is 3.07. The Hall–Kier alpha value is -3.25. The molecule has 0 fully saturated rings. The third-order valence-electron chi connectivity index (χ3n) is 3.63. The van der Waals surface area contributed by atoms with Gasteiger partial charge in [-0.05, 0) is 23.8 Å². The van der Waals surface area contributed by atoms with Crippen molar-refractivity contribution in [2.75, 3.05) is 0 Å². The predicted molar refractivity (Wildman–Crippen MR) is 101 cm³/mol. The lowest BCUT2D eigenvalue weighted by atomic mass is 10.2. The van der Waals surface area contributed by atoms with Crippen molar-refractivity contribution < 1.29 is 4.42 Å². The lowest BCUT2D eigenvalue weighted by Crippen LogP contribution is -2.16. The lowest BCUT2D eigenvalue weighted by Gasteiger charge is -1.98. The molecule has 4 aromatic rings. The van der Waals surface area contributed by atoms with Crippen molar-refractivity contribution in [3.8, 4) is 11.3 Å². The highest BCUT2D eigenvalue weighted by Crippen LogP contribution is 2.30. The first kappa shape index (κ1) is 15.3. The summed E-state index contributed by atoms with van der Waals surface area (Å²) in [6.45, 7) is 0. The highest BCUT2D eigenvalue weighted by atomic mass is 32.1. The molecule has 3 aromatic heterocycles. The summed E-state index contributed by atoms with van der Waals surface area (Å²) < 4.78 is 6.64. The second-order valence-electron chi connectivity index (χ2n) is 5.24. The van der Waals surface area contributed by atoms with Crippen LogP contribution in [0.4, 0.5) is 0 Å². The van der Waals surface area contributed by atoms with Gasteiger partial charge in [-0.2, -0.15) is 9.78 Å². The molecule has 0 radical (unpaired) electrons. The van der Waals surface area contributed by atoms with Crippen LogP contribution in [0.15, 0.2) is 80.8 Å². The minimum atomic E-state index is -0.220. The summed E-state index contributed by atoms with van der Waals surface area (Å²) in [5.74, 6) is 0.649. The number of rotatable bonds is 4. The second kappa shape index (κ2) is 6.70. The first-order chi connectivity index (χ1) is 12.3. The number of aromatic nitrogens is 2. The Morgan fingerprint density at radius 3 is 2.84 bits per heavy atom. The highest BCUT2D eigenvalue weighted by molar-refractivity contribution is 7.17. The van der Waals surface area contributed by atoms with Gasteiger partial charge in [-0.15, -0.1) is 11.3 Å². The van der Waals surface area contributed by atoms with Gasteiger partial charge in [-0.25, -0.2) is 4.98 Å². The first-order valence-corrected chi connectivity index (χ1v) is 8.50. The van der Waals surface area contributed by atoms with Gasteiger partial charge in [-0.3, -0.25) is 4.79 Å². The van der Waals surface area contributed by atoms with E-state index in [0.717, 1.165) is 11.1 Å². The molecule has 0 atom stereocenters. The van der Waals surface area contributed by atoms with Gasteiger partial charge < -0.3 is 4.42 Å². The van der Waals surface area contributed by atoms with E-state index < -0.39 is 0 Å². The van der Waals surface area contributed by atoms with Crippen LogP contribution in [0.25, 0.3) is 27.6 Å². The molecule has 0 aliphatic carbocycles. The normalized spacial score (nSPS) is 11.8. The van der Waals surface area contributed by atoms with Crippen molar-refractivity contribution in [1.82, 2.24) is 9.66 Å². The molecule has 25 heavy (non-hydrogen) atoms. The Kier molecular flexibility index (Phi) is 4.10. The maximum atomic E-state index is 12.7. The van der Waals surface area contributed by atoms with E-state index in [0.29, 0.717) is 16.0 Å². The molecular formula is C19H13N3O2S. The monoisotopic (exact) mass is 347 g/mol. The van der Waals surface area contributed by atoms with Crippen LogP contribution in [0.5, 0.6) is 0 Å². The molecule has 0 unspecified atom stereocenters. The van der Waals surface area contributed by atoms with Gasteiger partial charge in [0.25, 0.3) is 5.56 Å². The minimum absolute atomic E-state index is 0.220. The second-order valence-corrected chi connectivity index (χ2v) is 6.09. The van der Waals surface area contributed by atoms with Crippen LogP contribution in [0.1, 0.15) is 5.56 Å². The summed E-state index contributed by atoms with van der Waals surface area (Å²) in [6, 6.07) is 13.5. The maximum absolute atomic E-state index is 12.7. The number of hydrogen-bond donors (Lipinski definition) is 0. The zero-order chi connectivity index (χ0) is 17.1. The average Bonchev–Trinajstić information content (AvgIpc) is 3.31. The van der Waals surface area contributed by atoms with E-state index in [1.807, 2.05) is 47.9 Å². The molecule has 6 heteroatoms. The molecule has 4 rings (SSSR count). The molecular weight excluding hydrogens is 334 g/mol. The molecule has 1 aromatic carbocycles. The van der Waals surface area contributed by atoms with Crippen LogP contribution in [0.2, 0.25) is 0 Å². The number of furan rings is 1. The smallest absolute Gasteiger partial charge is 0.283 e. The standard InChI is InChI=1S/C19H13N3O2S/c23-19-17-15(16-9-5-11-24-16)12-25-18(17)20-13-22(19)21-10-4-8-14-6-2-1-3-7-14/h1-13H/b8-4+,21-10-. The van der Waals surface area contributed by atoms with Crippen LogP contribution < -0.4 is 5.56 Å². The van der Waals surface area contributed by atoms with Gasteiger partial charge in [0.1, 0.15) is 16.9 Å². The summed E-state index contributed by atoms with van der Waals surface area (Å²) in [4.78, 5) is 17.7. The first-order valence-electron chi connectivity index (χ1n) is 7.62. The van der Waals surface area contributed by atoms with E-state index in [-0.39, 0.29) is 5.56 Å². The van der Waals surface area contributed by atoms with E-state index in [4.69, 9.17) is 4.42 Å². The summed E-state index contributed by atoms with van der Waals surface area (Å²) in [5.41, 5.74) is 1.58. The molecule has 0 saturated heterocycles. The zero-order valence-corrected chi connectivity index (χ0v) is 13.9. The van der Waals surface area contributed by atoms with Gasteiger partial charge in [0.15, 0.2) is 0 Å². The number of hydrogen-bond acceptors (Lipinski definition) is 5. The van der Waals surface area contributed by atoms with Crippen molar-refractivity contribution in [2.24, 2.45) is 5.10 Å². The molecule has 0 saturated carbocycles. The molecule has 0 bridgehead atoms. The Morgan fingerprint density at radius 2 is 2.04 bits per heavy atom. The predicted octanol–water partition coefficient (Wildman–Crippen LogP) is 4.27.